The van der Waals surface area contributed by atoms with Crippen LogP contribution in [0.5, 0.6) is 0 Å². The predicted octanol–water partition coefficient (Wildman–Crippen LogP) is -0.0756. The Balaban J connectivity index is 2.39. The third kappa shape index (κ3) is 3.58. The Labute approximate surface area is 110 Å². The fourth-order valence-electron chi connectivity index (χ4n) is 1.92. The minimum Gasteiger partial charge on any atom is -0.370 e. The van der Waals surface area contributed by atoms with Crippen LogP contribution in [-0.2, 0) is 10.0 Å². The average molecular weight is 276 g/mol. The monoisotopic (exact) mass is 276 g/mol. The molecular weight excluding hydrogens is 252 g/mol. The molecule has 0 bridgehead atoms. The number of aliphatic imine (C=N–C) groups is 1. The second-order valence-electron chi connectivity index (χ2n) is 4.45. The predicted molar refractivity (Wildman–Crippen MR) is 73.9 cm³/mol. The summed E-state index contributed by atoms with van der Waals surface area (Å²) >= 11 is 0. The Morgan fingerprint density at radius 3 is 2.33 bits per heavy atom. The molecule has 1 saturated heterocycles. The van der Waals surface area contributed by atoms with Crippen LogP contribution in [0.1, 0.15) is 20.8 Å². The van der Waals surface area contributed by atoms with Crippen LogP contribution in [0.25, 0.3) is 0 Å². The van der Waals surface area contributed by atoms with E-state index in [0.717, 1.165) is 13.1 Å². The molecule has 18 heavy (non-hydrogen) atoms. The summed E-state index contributed by atoms with van der Waals surface area (Å²) in [5.41, 5.74) is 5.86. The van der Waals surface area contributed by atoms with E-state index < -0.39 is 10.0 Å². The number of hydrogen-bond donors (Lipinski definition) is 1. The highest BCUT2D eigenvalue weighted by atomic mass is 32.2. The lowest BCUT2D eigenvalue weighted by Crippen LogP contribution is -2.51. The summed E-state index contributed by atoms with van der Waals surface area (Å²) < 4.78 is 24.6. The van der Waals surface area contributed by atoms with Gasteiger partial charge in [0.1, 0.15) is 0 Å². The summed E-state index contributed by atoms with van der Waals surface area (Å²) in [4.78, 5) is 6.31. The Morgan fingerprint density at radius 2 is 1.89 bits per heavy atom. The first-order valence-electron chi connectivity index (χ1n) is 6.47. The maximum absolute atomic E-state index is 11.5. The molecule has 106 valence electrons. The molecule has 0 aromatic rings. The quantitative estimate of drug-likeness (QED) is 0.544. The van der Waals surface area contributed by atoms with E-state index in [1.54, 1.807) is 6.92 Å². The highest BCUT2D eigenvalue weighted by molar-refractivity contribution is 7.89. The Kier molecular flexibility index (Phi) is 5.40. The summed E-state index contributed by atoms with van der Waals surface area (Å²) in [7, 11) is -3.02. The first-order chi connectivity index (χ1) is 8.44. The SMILES string of the molecule is CCN(CC)C(N)=NCC1CN(S(=O)(=O)CC)C1. The molecule has 6 nitrogen and oxygen atoms in total. The van der Waals surface area contributed by atoms with Crippen LogP contribution >= 0.6 is 0 Å². The van der Waals surface area contributed by atoms with Gasteiger partial charge >= 0.3 is 0 Å². The smallest absolute Gasteiger partial charge is 0.213 e. The van der Waals surface area contributed by atoms with Gasteiger partial charge < -0.3 is 10.6 Å². The van der Waals surface area contributed by atoms with Crippen molar-refractivity contribution in [1.82, 2.24) is 9.21 Å². The molecule has 0 saturated carbocycles. The molecule has 7 heteroatoms. The first-order valence-corrected chi connectivity index (χ1v) is 8.08. The highest BCUT2D eigenvalue weighted by Gasteiger charge is 2.34. The molecule has 1 aliphatic rings. The van der Waals surface area contributed by atoms with Crippen molar-refractivity contribution < 1.29 is 8.42 Å². The van der Waals surface area contributed by atoms with E-state index in [1.807, 2.05) is 18.7 Å². The number of rotatable bonds is 6. The zero-order valence-corrected chi connectivity index (χ0v) is 12.3. The molecule has 1 fully saturated rings. The van der Waals surface area contributed by atoms with Gasteiger partial charge in [-0.25, -0.2) is 12.7 Å². The lowest BCUT2D eigenvalue weighted by Gasteiger charge is -2.37. The zero-order chi connectivity index (χ0) is 13.8. The molecule has 0 spiro atoms. The fraction of sp³-hybridized carbons (Fsp3) is 0.909. The standard InChI is InChI=1S/C11H24N4O2S/c1-4-14(5-2)11(12)13-7-10-8-15(9-10)18(16,17)6-3/h10H,4-9H2,1-3H3,(H2,12,13). The third-order valence-electron chi connectivity index (χ3n) is 3.28. The van der Waals surface area contributed by atoms with Crippen molar-refractivity contribution in [1.29, 1.82) is 0 Å². The van der Waals surface area contributed by atoms with Crippen LogP contribution in [0.2, 0.25) is 0 Å². The van der Waals surface area contributed by atoms with Crippen LogP contribution in [0.15, 0.2) is 4.99 Å². The molecule has 0 aromatic carbocycles. The zero-order valence-electron chi connectivity index (χ0n) is 11.5. The summed E-state index contributed by atoms with van der Waals surface area (Å²) in [6.07, 6.45) is 0. The molecule has 0 unspecified atom stereocenters. The summed E-state index contributed by atoms with van der Waals surface area (Å²) in [5, 5.41) is 0. The number of nitrogens with two attached hydrogens (primary N) is 1. The number of hydrogen-bond acceptors (Lipinski definition) is 3. The van der Waals surface area contributed by atoms with Crippen LogP contribution in [0.4, 0.5) is 0 Å². The van der Waals surface area contributed by atoms with E-state index in [0.29, 0.717) is 31.5 Å². The molecular formula is C11H24N4O2S. The normalized spacial score (nSPS) is 18.7. The van der Waals surface area contributed by atoms with E-state index in [-0.39, 0.29) is 5.75 Å². The van der Waals surface area contributed by atoms with Crippen molar-refractivity contribution in [3.63, 3.8) is 0 Å². The second kappa shape index (κ2) is 6.38. The van der Waals surface area contributed by atoms with Crippen molar-refractivity contribution in [2.75, 3.05) is 38.5 Å². The molecule has 1 heterocycles. The first kappa shape index (κ1) is 15.2. The van der Waals surface area contributed by atoms with Crippen LogP contribution in [-0.4, -0.2) is 62.1 Å². The van der Waals surface area contributed by atoms with E-state index >= 15 is 0 Å². The van der Waals surface area contributed by atoms with Gasteiger partial charge in [0.25, 0.3) is 0 Å². The Bertz CT molecular complexity index is 384. The van der Waals surface area contributed by atoms with Gasteiger partial charge in [0, 0.05) is 38.6 Å². The van der Waals surface area contributed by atoms with Gasteiger partial charge in [-0.3, -0.25) is 4.99 Å². The highest BCUT2D eigenvalue weighted by Crippen LogP contribution is 2.19. The lowest BCUT2D eigenvalue weighted by molar-refractivity contribution is 0.207. The number of guanidine groups is 1. The number of sulfonamides is 1. The van der Waals surface area contributed by atoms with E-state index in [4.69, 9.17) is 5.73 Å². The van der Waals surface area contributed by atoms with Crippen LogP contribution in [0.3, 0.4) is 0 Å². The molecule has 0 radical (unpaired) electrons. The Hall–Kier alpha value is -0.820. The summed E-state index contributed by atoms with van der Waals surface area (Å²) in [6, 6.07) is 0. The Morgan fingerprint density at radius 1 is 1.33 bits per heavy atom. The van der Waals surface area contributed by atoms with E-state index in [1.165, 1.54) is 4.31 Å². The molecule has 0 aromatic heterocycles. The van der Waals surface area contributed by atoms with Crippen molar-refractivity contribution in [3.05, 3.63) is 0 Å². The van der Waals surface area contributed by atoms with Crippen molar-refractivity contribution >= 4 is 16.0 Å². The van der Waals surface area contributed by atoms with Crippen LogP contribution in [0, 0.1) is 5.92 Å². The maximum Gasteiger partial charge on any atom is 0.213 e. The minimum atomic E-state index is -3.02. The van der Waals surface area contributed by atoms with Gasteiger partial charge in [-0.05, 0) is 20.8 Å². The molecule has 0 amide bonds. The molecule has 0 aliphatic carbocycles. The van der Waals surface area contributed by atoms with Gasteiger partial charge in [0.2, 0.25) is 10.0 Å². The van der Waals surface area contributed by atoms with E-state index in [9.17, 15) is 8.42 Å². The van der Waals surface area contributed by atoms with Gasteiger partial charge in [0.05, 0.1) is 5.75 Å². The molecule has 1 aliphatic heterocycles. The van der Waals surface area contributed by atoms with Crippen molar-refractivity contribution in [2.45, 2.75) is 20.8 Å². The van der Waals surface area contributed by atoms with Crippen LogP contribution < -0.4 is 5.73 Å². The van der Waals surface area contributed by atoms with Gasteiger partial charge in [-0.15, -0.1) is 0 Å². The third-order valence-corrected chi connectivity index (χ3v) is 5.10. The fourth-order valence-corrected chi connectivity index (χ4v) is 3.16. The minimum absolute atomic E-state index is 0.171. The van der Waals surface area contributed by atoms with Crippen molar-refractivity contribution in [2.24, 2.45) is 16.6 Å². The maximum atomic E-state index is 11.5. The second-order valence-corrected chi connectivity index (χ2v) is 6.71. The summed E-state index contributed by atoms with van der Waals surface area (Å²) in [6.45, 7) is 9.17. The van der Waals surface area contributed by atoms with E-state index in [2.05, 4.69) is 4.99 Å². The van der Waals surface area contributed by atoms with Gasteiger partial charge in [0.15, 0.2) is 5.96 Å². The largest absolute Gasteiger partial charge is 0.370 e. The molecule has 1 rings (SSSR count). The van der Waals surface area contributed by atoms with Crippen molar-refractivity contribution in [3.8, 4) is 0 Å². The number of nitrogens with zero attached hydrogens (tertiary/aromatic N) is 3. The average Bonchev–Trinajstić information content (AvgIpc) is 2.28. The topological polar surface area (TPSA) is 79.0 Å². The lowest BCUT2D eigenvalue weighted by atomic mass is 10.0. The van der Waals surface area contributed by atoms with Gasteiger partial charge in [-0.2, -0.15) is 0 Å². The molecule has 0 atom stereocenters. The summed E-state index contributed by atoms with van der Waals surface area (Å²) in [5.74, 6) is 1.03. The van der Waals surface area contributed by atoms with Gasteiger partial charge in [-0.1, -0.05) is 0 Å². The molecule has 2 N–H and O–H groups in total.